The lowest BCUT2D eigenvalue weighted by Gasteiger charge is -2.13. The molecule has 0 spiro atoms. The van der Waals surface area contributed by atoms with Crippen molar-refractivity contribution in [3.8, 4) is 0 Å². The average Bonchev–Trinajstić information content (AvgIpc) is 2.68. The fraction of sp³-hybridized carbons (Fsp3) is 0.250. The molecule has 0 radical (unpaired) electrons. The molecule has 0 atom stereocenters. The molecule has 17 heavy (non-hydrogen) atoms. The van der Waals surface area contributed by atoms with Gasteiger partial charge in [-0.25, -0.2) is 0 Å². The first-order valence-corrected chi connectivity index (χ1v) is 5.97. The van der Waals surface area contributed by atoms with E-state index >= 15 is 0 Å². The molecule has 0 bridgehead atoms. The maximum atomic E-state index is 5.94. The summed E-state index contributed by atoms with van der Waals surface area (Å²) in [6.07, 6.45) is 0. The van der Waals surface area contributed by atoms with Gasteiger partial charge in [-0.2, -0.15) is 0 Å². The molecule has 0 amide bonds. The summed E-state index contributed by atoms with van der Waals surface area (Å²) in [6, 6.07) is 14.9. The van der Waals surface area contributed by atoms with Crippen LogP contribution >= 0.6 is 0 Å². The molecule has 0 aliphatic rings. The molecule has 0 fully saturated rings. The zero-order valence-electron chi connectivity index (χ0n) is 10.4. The van der Waals surface area contributed by atoms with Gasteiger partial charge < -0.3 is 4.42 Å². The number of hydrogen-bond acceptors (Lipinski definition) is 1. The third-order valence-electron chi connectivity index (χ3n) is 3.12. The standard InChI is InChI=1S/C16H16O/c1-16(2,3)15-10-13-8-11-6-4-5-7-12(11)9-14(13)17-15/h4-10H,1-3H3. The normalized spacial score (nSPS) is 12.4. The zero-order valence-corrected chi connectivity index (χ0v) is 10.4. The summed E-state index contributed by atoms with van der Waals surface area (Å²) >= 11 is 0. The maximum absolute atomic E-state index is 5.94. The smallest absolute Gasteiger partial charge is 0.134 e. The van der Waals surface area contributed by atoms with Gasteiger partial charge in [0.25, 0.3) is 0 Å². The number of hydrogen-bond donors (Lipinski definition) is 0. The van der Waals surface area contributed by atoms with Crippen molar-refractivity contribution < 1.29 is 4.42 Å². The van der Waals surface area contributed by atoms with Crippen LogP contribution in [0.3, 0.4) is 0 Å². The van der Waals surface area contributed by atoms with Gasteiger partial charge >= 0.3 is 0 Å². The molecule has 0 saturated heterocycles. The molecule has 0 aliphatic heterocycles. The van der Waals surface area contributed by atoms with Crippen LogP contribution in [-0.2, 0) is 5.41 Å². The van der Waals surface area contributed by atoms with E-state index in [9.17, 15) is 0 Å². The van der Waals surface area contributed by atoms with Crippen molar-refractivity contribution in [1.82, 2.24) is 0 Å². The van der Waals surface area contributed by atoms with Gasteiger partial charge in [-0.15, -0.1) is 0 Å². The predicted octanol–water partition coefficient (Wildman–Crippen LogP) is 4.88. The molecule has 0 aliphatic carbocycles. The van der Waals surface area contributed by atoms with Crippen molar-refractivity contribution in [2.24, 2.45) is 0 Å². The molecular formula is C16H16O. The van der Waals surface area contributed by atoms with Crippen LogP contribution < -0.4 is 0 Å². The maximum Gasteiger partial charge on any atom is 0.134 e. The molecule has 1 heteroatoms. The Balaban J connectivity index is 2.32. The molecule has 3 aromatic rings. The number of benzene rings is 2. The minimum Gasteiger partial charge on any atom is -0.460 e. The van der Waals surface area contributed by atoms with E-state index in [4.69, 9.17) is 4.42 Å². The first-order valence-electron chi connectivity index (χ1n) is 5.97. The summed E-state index contributed by atoms with van der Waals surface area (Å²) in [6.45, 7) is 6.51. The molecule has 1 nitrogen and oxygen atoms in total. The van der Waals surface area contributed by atoms with Crippen molar-refractivity contribution in [1.29, 1.82) is 0 Å². The quantitative estimate of drug-likeness (QED) is 0.530. The number of furan rings is 1. The topological polar surface area (TPSA) is 13.1 Å². The van der Waals surface area contributed by atoms with Gasteiger partial charge in [0.05, 0.1) is 0 Å². The highest BCUT2D eigenvalue weighted by Crippen LogP contribution is 2.31. The summed E-state index contributed by atoms with van der Waals surface area (Å²) in [4.78, 5) is 0. The second-order valence-electron chi connectivity index (χ2n) is 5.60. The van der Waals surface area contributed by atoms with Crippen LogP contribution in [0.15, 0.2) is 46.9 Å². The summed E-state index contributed by atoms with van der Waals surface area (Å²) < 4.78 is 5.94. The van der Waals surface area contributed by atoms with E-state index in [2.05, 4.69) is 63.2 Å². The molecule has 0 N–H and O–H groups in total. The van der Waals surface area contributed by atoms with Gasteiger partial charge in [0.1, 0.15) is 11.3 Å². The lowest BCUT2D eigenvalue weighted by Crippen LogP contribution is -2.08. The van der Waals surface area contributed by atoms with Crippen LogP contribution in [0.25, 0.3) is 21.7 Å². The Morgan fingerprint density at radius 1 is 0.824 bits per heavy atom. The Labute approximate surface area is 101 Å². The van der Waals surface area contributed by atoms with E-state index in [0.717, 1.165) is 11.3 Å². The first-order chi connectivity index (χ1) is 8.04. The molecule has 0 saturated carbocycles. The second kappa shape index (κ2) is 3.36. The van der Waals surface area contributed by atoms with Crippen LogP contribution in [0.2, 0.25) is 0 Å². The minimum atomic E-state index is 0.0607. The van der Waals surface area contributed by atoms with Crippen LogP contribution in [0.1, 0.15) is 26.5 Å². The summed E-state index contributed by atoms with van der Waals surface area (Å²) in [5, 5.41) is 3.68. The Hall–Kier alpha value is -1.76. The highest BCUT2D eigenvalue weighted by atomic mass is 16.3. The van der Waals surface area contributed by atoms with Crippen LogP contribution in [-0.4, -0.2) is 0 Å². The molecule has 0 unspecified atom stereocenters. The van der Waals surface area contributed by atoms with E-state index < -0.39 is 0 Å². The van der Waals surface area contributed by atoms with E-state index in [1.165, 1.54) is 16.2 Å². The number of rotatable bonds is 0. The highest BCUT2D eigenvalue weighted by Gasteiger charge is 2.18. The van der Waals surface area contributed by atoms with Gasteiger partial charge in [-0.3, -0.25) is 0 Å². The summed E-state index contributed by atoms with van der Waals surface area (Å²) in [5.74, 6) is 1.04. The van der Waals surface area contributed by atoms with Crippen molar-refractivity contribution in [2.45, 2.75) is 26.2 Å². The van der Waals surface area contributed by atoms with E-state index in [-0.39, 0.29) is 5.41 Å². The van der Waals surface area contributed by atoms with Crippen LogP contribution in [0, 0.1) is 0 Å². The minimum absolute atomic E-state index is 0.0607. The van der Waals surface area contributed by atoms with E-state index in [0.29, 0.717) is 0 Å². The van der Waals surface area contributed by atoms with E-state index in [1.807, 2.05) is 0 Å². The third-order valence-corrected chi connectivity index (χ3v) is 3.12. The van der Waals surface area contributed by atoms with Crippen molar-refractivity contribution in [2.75, 3.05) is 0 Å². The predicted molar refractivity (Wildman–Crippen MR) is 72.4 cm³/mol. The Morgan fingerprint density at radius 2 is 1.47 bits per heavy atom. The molecule has 3 rings (SSSR count). The lowest BCUT2D eigenvalue weighted by atomic mass is 9.93. The van der Waals surface area contributed by atoms with Crippen molar-refractivity contribution >= 4 is 21.7 Å². The largest absolute Gasteiger partial charge is 0.460 e. The number of fused-ring (bicyclic) bond motifs is 2. The van der Waals surface area contributed by atoms with Crippen LogP contribution in [0.5, 0.6) is 0 Å². The zero-order chi connectivity index (χ0) is 12.0. The lowest BCUT2D eigenvalue weighted by molar-refractivity contribution is 0.430. The second-order valence-corrected chi connectivity index (χ2v) is 5.60. The monoisotopic (exact) mass is 224 g/mol. The van der Waals surface area contributed by atoms with Crippen LogP contribution in [0.4, 0.5) is 0 Å². The van der Waals surface area contributed by atoms with Gasteiger partial charge in [-0.1, -0.05) is 45.0 Å². The van der Waals surface area contributed by atoms with Gasteiger partial charge in [0.2, 0.25) is 0 Å². The van der Waals surface area contributed by atoms with E-state index in [1.54, 1.807) is 0 Å². The Kier molecular flexibility index (Phi) is 2.06. The van der Waals surface area contributed by atoms with Crippen molar-refractivity contribution in [3.63, 3.8) is 0 Å². The summed E-state index contributed by atoms with van der Waals surface area (Å²) in [5.41, 5.74) is 1.04. The third kappa shape index (κ3) is 1.72. The summed E-state index contributed by atoms with van der Waals surface area (Å²) in [7, 11) is 0. The molecule has 1 heterocycles. The highest BCUT2D eigenvalue weighted by molar-refractivity contribution is 5.96. The average molecular weight is 224 g/mol. The molecule has 86 valence electrons. The van der Waals surface area contributed by atoms with Gasteiger partial charge in [-0.05, 0) is 29.0 Å². The Bertz CT molecular complexity index is 631. The SMILES string of the molecule is CC(C)(C)c1cc2cc3ccccc3cc2o1. The molecule has 1 aromatic heterocycles. The van der Waals surface area contributed by atoms with Gasteiger partial charge in [0.15, 0.2) is 0 Å². The molecular weight excluding hydrogens is 208 g/mol. The fourth-order valence-corrected chi connectivity index (χ4v) is 2.10. The first kappa shape index (κ1) is 10.4. The molecule has 2 aromatic carbocycles. The van der Waals surface area contributed by atoms with Gasteiger partial charge in [0, 0.05) is 10.8 Å². The Morgan fingerprint density at radius 3 is 2.12 bits per heavy atom. The fourth-order valence-electron chi connectivity index (χ4n) is 2.10. The van der Waals surface area contributed by atoms with Crippen molar-refractivity contribution in [3.05, 3.63) is 48.2 Å².